The minimum Gasteiger partial charge on any atom is -0.463 e. The van der Waals surface area contributed by atoms with Gasteiger partial charge in [0.2, 0.25) is 0 Å². The highest BCUT2D eigenvalue weighted by Crippen LogP contribution is 1.90. The Kier molecular flexibility index (Phi) is 5.42. The second-order valence-electron chi connectivity index (χ2n) is 1.92. The van der Waals surface area contributed by atoms with Gasteiger partial charge in [0.25, 0.3) is 0 Å². The molecule has 0 aromatic rings. The quantitative estimate of drug-likeness (QED) is 0.288. The molecule has 0 aliphatic rings. The fourth-order valence-corrected chi connectivity index (χ4v) is 0.440. The van der Waals surface area contributed by atoms with Gasteiger partial charge in [0.1, 0.15) is 6.10 Å². The molecule has 0 heterocycles. The minimum atomic E-state index is -0.487. The fraction of sp³-hybridized carbons (Fsp3) is 0.571. The Bertz CT molecular complexity index is 141. The smallest absolute Gasteiger partial charge is 0.330 e. The zero-order valence-corrected chi connectivity index (χ0v) is 6.61. The molecule has 4 nitrogen and oxygen atoms in total. The van der Waals surface area contributed by atoms with Crippen molar-refractivity contribution in [3.05, 3.63) is 12.2 Å². The van der Waals surface area contributed by atoms with E-state index in [4.69, 9.17) is 5.26 Å². The molecule has 0 spiro atoms. The molecule has 0 rings (SSSR count). The number of hydrogen-bond donors (Lipinski definition) is 1. The van der Waals surface area contributed by atoms with Crippen molar-refractivity contribution in [3.63, 3.8) is 0 Å². The maximum atomic E-state index is 10.6. The molecular formula is C7H12O4. The van der Waals surface area contributed by atoms with Gasteiger partial charge in [-0.1, -0.05) is 0 Å². The monoisotopic (exact) mass is 160 g/mol. The van der Waals surface area contributed by atoms with E-state index in [0.29, 0.717) is 6.61 Å². The van der Waals surface area contributed by atoms with E-state index < -0.39 is 12.1 Å². The predicted molar refractivity (Wildman–Crippen MR) is 38.9 cm³/mol. The molecular weight excluding hydrogens is 148 g/mol. The standard InChI is InChI=1S/C7H12O4/c1-3-10-7(8)5-4-6(2)11-9/h4-6,9H,3H2,1-2H3. The van der Waals surface area contributed by atoms with Crippen molar-refractivity contribution in [3.8, 4) is 0 Å². The molecule has 0 aromatic heterocycles. The number of esters is 1. The lowest BCUT2D eigenvalue weighted by atomic mass is 10.3. The number of ether oxygens (including phenoxy) is 1. The SMILES string of the molecule is CCOC(=O)C=CC(C)OO. The van der Waals surface area contributed by atoms with Gasteiger partial charge in [-0.3, -0.25) is 5.26 Å². The zero-order valence-electron chi connectivity index (χ0n) is 6.61. The topological polar surface area (TPSA) is 55.8 Å². The Hall–Kier alpha value is -0.870. The predicted octanol–water partition coefficient (Wildman–Crippen LogP) is 0.984. The maximum Gasteiger partial charge on any atom is 0.330 e. The van der Waals surface area contributed by atoms with Crippen LogP contribution in [0.3, 0.4) is 0 Å². The summed E-state index contributed by atoms with van der Waals surface area (Å²) in [6.07, 6.45) is 2.13. The molecule has 1 unspecified atom stereocenters. The van der Waals surface area contributed by atoms with Crippen LogP contribution in [0.2, 0.25) is 0 Å². The number of carbonyl (C=O) groups excluding carboxylic acids is 1. The third-order valence-electron chi connectivity index (χ3n) is 0.956. The van der Waals surface area contributed by atoms with Crippen molar-refractivity contribution in [1.29, 1.82) is 0 Å². The van der Waals surface area contributed by atoms with E-state index in [9.17, 15) is 4.79 Å². The van der Waals surface area contributed by atoms with E-state index in [0.717, 1.165) is 0 Å². The molecule has 0 aliphatic heterocycles. The van der Waals surface area contributed by atoms with Crippen LogP contribution in [0.4, 0.5) is 0 Å². The largest absolute Gasteiger partial charge is 0.463 e. The Labute approximate surface area is 65.4 Å². The van der Waals surface area contributed by atoms with Crippen LogP contribution in [-0.4, -0.2) is 23.9 Å². The Morgan fingerprint density at radius 3 is 2.82 bits per heavy atom. The van der Waals surface area contributed by atoms with E-state index in [2.05, 4.69) is 9.62 Å². The van der Waals surface area contributed by atoms with E-state index in [1.165, 1.54) is 12.2 Å². The average Bonchev–Trinajstić information content (AvgIpc) is 2.01. The van der Waals surface area contributed by atoms with Crippen molar-refractivity contribution in [2.75, 3.05) is 6.61 Å². The van der Waals surface area contributed by atoms with Gasteiger partial charge < -0.3 is 4.74 Å². The molecule has 64 valence electrons. The molecule has 1 N–H and O–H groups in total. The van der Waals surface area contributed by atoms with Gasteiger partial charge in [-0.15, -0.1) is 0 Å². The summed E-state index contributed by atoms with van der Waals surface area (Å²) < 4.78 is 4.57. The molecule has 0 saturated carbocycles. The van der Waals surface area contributed by atoms with Crippen molar-refractivity contribution < 1.29 is 19.7 Å². The van der Waals surface area contributed by atoms with Crippen molar-refractivity contribution in [2.45, 2.75) is 20.0 Å². The highest BCUT2D eigenvalue weighted by atomic mass is 17.1. The summed E-state index contributed by atoms with van der Waals surface area (Å²) in [5, 5.41) is 8.07. The fourth-order valence-electron chi connectivity index (χ4n) is 0.440. The van der Waals surface area contributed by atoms with Crippen LogP contribution in [-0.2, 0) is 14.4 Å². The molecule has 0 aromatic carbocycles. The van der Waals surface area contributed by atoms with Gasteiger partial charge in [-0.2, -0.15) is 0 Å². The first-order valence-corrected chi connectivity index (χ1v) is 3.35. The molecule has 0 aliphatic carbocycles. The van der Waals surface area contributed by atoms with Gasteiger partial charge in [0.15, 0.2) is 0 Å². The highest BCUT2D eigenvalue weighted by molar-refractivity contribution is 5.81. The number of hydrogen-bond acceptors (Lipinski definition) is 4. The third kappa shape index (κ3) is 5.57. The van der Waals surface area contributed by atoms with Crippen LogP contribution in [0.25, 0.3) is 0 Å². The van der Waals surface area contributed by atoms with Crippen molar-refractivity contribution >= 4 is 5.97 Å². The first-order valence-electron chi connectivity index (χ1n) is 3.35. The summed E-state index contributed by atoms with van der Waals surface area (Å²) in [4.78, 5) is 14.5. The number of rotatable bonds is 4. The summed E-state index contributed by atoms with van der Waals surface area (Å²) in [5.41, 5.74) is 0. The van der Waals surface area contributed by atoms with E-state index in [1.54, 1.807) is 13.8 Å². The third-order valence-corrected chi connectivity index (χ3v) is 0.956. The normalized spacial score (nSPS) is 13.4. The van der Waals surface area contributed by atoms with Gasteiger partial charge in [-0.25, -0.2) is 9.68 Å². The lowest BCUT2D eigenvalue weighted by Gasteiger charge is -1.98. The first-order chi connectivity index (χ1) is 5.20. The molecule has 0 radical (unpaired) electrons. The lowest BCUT2D eigenvalue weighted by Crippen LogP contribution is -2.04. The van der Waals surface area contributed by atoms with Gasteiger partial charge in [-0.05, 0) is 19.9 Å². The van der Waals surface area contributed by atoms with E-state index in [1.807, 2.05) is 0 Å². The summed E-state index contributed by atoms with van der Waals surface area (Å²) in [5.74, 6) is -0.434. The molecule has 0 amide bonds. The van der Waals surface area contributed by atoms with Crippen LogP contribution < -0.4 is 0 Å². The molecule has 1 atom stereocenters. The second kappa shape index (κ2) is 5.88. The Morgan fingerprint density at radius 1 is 1.73 bits per heavy atom. The molecule has 4 heteroatoms. The van der Waals surface area contributed by atoms with E-state index in [-0.39, 0.29) is 0 Å². The molecule has 0 saturated heterocycles. The summed E-state index contributed by atoms with van der Waals surface area (Å²) in [7, 11) is 0. The van der Waals surface area contributed by atoms with Crippen LogP contribution in [0, 0.1) is 0 Å². The lowest BCUT2D eigenvalue weighted by molar-refractivity contribution is -0.261. The zero-order chi connectivity index (χ0) is 8.69. The van der Waals surface area contributed by atoms with Gasteiger partial charge in [0.05, 0.1) is 6.61 Å². The molecule has 11 heavy (non-hydrogen) atoms. The first kappa shape index (κ1) is 10.1. The Balaban J connectivity index is 3.63. The molecule has 0 fully saturated rings. The summed E-state index contributed by atoms with van der Waals surface area (Å²) in [6.45, 7) is 3.66. The van der Waals surface area contributed by atoms with Crippen LogP contribution in [0.5, 0.6) is 0 Å². The second-order valence-corrected chi connectivity index (χ2v) is 1.92. The van der Waals surface area contributed by atoms with Gasteiger partial charge in [0, 0.05) is 6.08 Å². The van der Waals surface area contributed by atoms with Crippen LogP contribution >= 0.6 is 0 Å². The van der Waals surface area contributed by atoms with Crippen molar-refractivity contribution in [2.24, 2.45) is 0 Å². The summed E-state index contributed by atoms with van der Waals surface area (Å²) in [6, 6.07) is 0. The molecule has 0 bridgehead atoms. The van der Waals surface area contributed by atoms with E-state index >= 15 is 0 Å². The summed E-state index contributed by atoms with van der Waals surface area (Å²) >= 11 is 0. The number of carbonyl (C=O) groups is 1. The maximum absolute atomic E-state index is 10.6. The van der Waals surface area contributed by atoms with Crippen molar-refractivity contribution in [1.82, 2.24) is 0 Å². The minimum absolute atomic E-state index is 0.345. The van der Waals surface area contributed by atoms with Crippen LogP contribution in [0.15, 0.2) is 12.2 Å². The average molecular weight is 160 g/mol. The van der Waals surface area contributed by atoms with Gasteiger partial charge >= 0.3 is 5.97 Å². The highest BCUT2D eigenvalue weighted by Gasteiger charge is 1.97. The Morgan fingerprint density at radius 2 is 2.36 bits per heavy atom. The van der Waals surface area contributed by atoms with Crippen LogP contribution in [0.1, 0.15) is 13.8 Å².